The summed E-state index contributed by atoms with van der Waals surface area (Å²) in [4.78, 5) is 2.19. The second kappa shape index (κ2) is 6.35. The Morgan fingerprint density at radius 3 is 2.30 bits per heavy atom. The van der Waals surface area contributed by atoms with Gasteiger partial charge in [-0.2, -0.15) is 9.57 Å². The van der Waals surface area contributed by atoms with E-state index in [4.69, 9.17) is 5.26 Å². The van der Waals surface area contributed by atoms with Gasteiger partial charge in [0.25, 0.3) is 0 Å². The minimum absolute atomic E-state index is 0.0444. The van der Waals surface area contributed by atoms with Crippen LogP contribution in [0.2, 0.25) is 0 Å². The Hall–Kier alpha value is -1.42. The molecule has 0 aromatic heterocycles. The van der Waals surface area contributed by atoms with E-state index < -0.39 is 10.0 Å². The molecule has 0 N–H and O–H groups in total. The van der Waals surface area contributed by atoms with Crippen LogP contribution >= 0.6 is 0 Å². The minimum atomic E-state index is -3.11. The number of hydrogen-bond acceptors (Lipinski definition) is 4. The first-order valence-electron chi connectivity index (χ1n) is 6.63. The third kappa shape index (κ3) is 3.57. The lowest BCUT2D eigenvalue weighted by atomic mass is 10.0. The molecule has 1 fully saturated rings. The summed E-state index contributed by atoms with van der Waals surface area (Å²) in [6.45, 7) is 2.31. The van der Waals surface area contributed by atoms with E-state index in [-0.39, 0.29) is 6.04 Å². The normalized spacial score (nSPS) is 19.4. The van der Waals surface area contributed by atoms with E-state index in [1.54, 1.807) is 0 Å². The Morgan fingerprint density at radius 1 is 1.20 bits per heavy atom. The first-order chi connectivity index (χ1) is 9.52. The number of nitriles is 1. The summed E-state index contributed by atoms with van der Waals surface area (Å²) >= 11 is 0. The molecule has 2 rings (SSSR count). The van der Waals surface area contributed by atoms with Gasteiger partial charge >= 0.3 is 0 Å². The molecule has 20 heavy (non-hydrogen) atoms. The summed E-state index contributed by atoms with van der Waals surface area (Å²) in [6.07, 6.45) is 1.66. The molecule has 0 aliphatic carbocycles. The molecular formula is C14H19N3O2S. The molecule has 6 heteroatoms. The SMILES string of the molecule is CS(=O)(=O)N1CCN(C(CC#N)c2ccccc2)CC1. The van der Waals surface area contributed by atoms with Crippen LogP contribution in [-0.4, -0.2) is 50.1 Å². The van der Waals surface area contributed by atoms with Gasteiger partial charge in [-0.15, -0.1) is 0 Å². The molecule has 1 saturated heterocycles. The number of nitrogens with zero attached hydrogens (tertiary/aromatic N) is 3. The van der Waals surface area contributed by atoms with Gasteiger partial charge in [-0.25, -0.2) is 8.42 Å². The van der Waals surface area contributed by atoms with Crippen LogP contribution in [0.5, 0.6) is 0 Å². The van der Waals surface area contributed by atoms with E-state index >= 15 is 0 Å². The van der Waals surface area contributed by atoms with Gasteiger partial charge in [-0.3, -0.25) is 4.90 Å². The fourth-order valence-corrected chi connectivity index (χ4v) is 3.39. The van der Waals surface area contributed by atoms with Gasteiger partial charge in [-0.1, -0.05) is 30.3 Å². The van der Waals surface area contributed by atoms with E-state index in [0.29, 0.717) is 32.6 Å². The third-order valence-electron chi connectivity index (χ3n) is 3.65. The Labute approximate surface area is 120 Å². The maximum Gasteiger partial charge on any atom is 0.211 e. The van der Waals surface area contributed by atoms with Crippen LogP contribution in [0, 0.1) is 11.3 Å². The zero-order valence-electron chi connectivity index (χ0n) is 11.6. The van der Waals surface area contributed by atoms with Crippen molar-refractivity contribution in [3.63, 3.8) is 0 Å². The van der Waals surface area contributed by atoms with Crippen molar-refractivity contribution in [2.75, 3.05) is 32.4 Å². The van der Waals surface area contributed by atoms with Crippen LogP contribution in [0.1, 0.15) is 18.0 Å². The molecule has 1 aliphatic rings. The summed E-state index contributed by atoms with van der Waals surface area (Å²) in [5.41, 5.74) is 1.11. The molecule has 1 atom stereocenters. The van der Waals surface area contributed by atoms with Gasteiger partial charge in [0, 0.05) is 32.2 Å². The number of piperazine rings is 1. The zero-order chi connectivity index (χ0) is 14.6. The Morgan fingerprint density at radius 2 is 1.80 bits per heavy atom. The second-order valence-electron chi connectivity index (χ2n) is 4.99. The van der Waals surface area contributed by atoms with Gasteiger partial charge in [0.15, 0.2) is 0 Å². The van der Waals surface area contributed by atoms with Gasteiger partial charge < -0.3 is 0 Å². The molecule has 1 aromatic rings. The van der Waals surface area contributed by atoms with Crippen LogP contribution in [0.25, 0.3) is 0 Å². The van der Waals surface area contributed by atoms with Crippen molar-refractivity contribution in [1.29, 1.82) is 5.26 Å². The van der Waals surface area contributed by atoms with Crippen molar-refractivity contribution in [3.05, 3.63) is 35.9 Å². The maximum absolute atomic E-state index is 11.5. The van der Waals surface area contributed by atoms with Crippen molar-refractivity contribution in [2.24, 2.45) is 0 Å². The fraction of sp³-hybridized carbons (Fsp3) is 0.500. The minimum Gasteiger partial charge on any atom is -0.293 e. The van der Waals surface area contributed by atoms with E-state index in [0.717, 1.165) is 5.56 Å². The average molecular weight is 293 g/mol. The number of hydrogen-bond donors (Lipinski definition) is 0. The van der Waals surface area contributed by atoms with Crippen molar-refractivity contribution < 1.29 is 8.42 Å². The highest BCUT2D eigenvalue weighted by Gasteiger charge is 2.28. The predicted octanol–water partition coefficient (Wildman–Crippen LogP) is 1.22. The van der Waals surface area contributed by atoms with Gasteiger partial charge in [-0.05, 0) is 5.56 Å². The highest BCUT2D eigenvalue weighted by Crippen LogP contribution is 2.25. The molecule has 0 amide bonds. The van der Waals surface area contributed by atoms with Crippen molar-refractivity contribution in [2.45, 2.75) is 12.5 Å². The van der Waals surface area contributed by atoms with Gasteiger partial charge in [0.05, 0.1) is 18.7 Å². The standard InChI is InChI=1S/C14H19N3O2S/c1-20(18,19)17-11-9-16(10-12-17)14(7-8-15)13-5-3-2-4-6-13/h2-6,14H,7,9-12H2,1H3. The van der Waals surface area contributed by atoms with Crippen molar-refractivity contribution in [1.82, 2.24) is 9.21 Å². The van der Waals surface area contributed by atoms with Gasteiger partial charge in [0.2, 0.25) is 10.0 Å². The molecule has 1 unspecified atom stereocenters. The molecule has 5 nitrogen and oxygen atoms in total. The molecule has 1 aliphatic heterocycles. The van der Waals surface area contributed by atoms with Crippen LogP contribution in [0.3, 0.4) is 0 Å². The topological polar surface area (TPSA) is 64.4 Å². The fourth-order valence-electron chi connectivity index (χ4n) is 2.57. The van der Waals surface area contributed by atoms with Crippen molar-refractivity contribution >= 4 is 10.0 Å². The quantitative estimate of drug-likeness (QED) is 0.837. The Kier molecular flexibility index (Phi) is 4.76. The van der Waals surface area contributed by atoms with E-state index in [1.807, 2.05) is 30.3 Å². The van der Waals surface area contributed by atoms with E-state index in [2.05, 4.69) is 11.0 Å². The molecule has 1 heterocycles. The molecule has 0 bridgehead atoms. The molecule has 108 valence electrons. The Balaban J connectivity index is 2.08. The van der Waals surface area contributed by atoms with E-state index in [1.165, 1.54) is 10.6 Å². The molecular weight excluding hydrogens is 274 g/mol. The van der Waals surface area contributed by atoms with Crippen LogP contribution in [0.4, 0.5) is 0 Å². The summed E-state index contributed by atoms with van der Waals surface area (Å²) in [5, 5.41) is 9.03. The zero-order valence-corrected chi connectivity index (χ0v) is 12.4. The largest absolute Gasteiger partial charge is 0.293 e. The van der Waals surface area contributed by atoms with Crippen LogP contribution < -0.4 is 0 Å². The number of benzene rings is 1. The second-order valence-corrected chi connectivity index (χ2v) is 6.97. The first-order valence-corrected chi connectivity index (χ1v) is 8.48. The highest BCUT2D eigenvalue weighted by molar-refractivity contribution is 7.88. The summed E-state index contributed by atoms with van der Waals surface area (Å²) in [6, 6.07) is 12.2. The Bertz CT molecular complexity index is 572. The van der Waals surface area contributed by atoms with Crippen molar-refractivity contribution in [3.8, 4) is 6.07 Å². The molecule has 0 saturated carbocycles. The summed E-state index contributed by atoms with van der Waals surface area (Å²) in [5.74, 6) is 0. The highest BCUT2D eigenvalue weighted by atomic mass is 32.2. The summed E-state index contributed by atoms with van der Waals surface area (Å²) in [7, 11) is -3.11. The summed E-state index contributed by atoms with van der Waals surface area (Å²) < 4.78 is 24.5. The molecule has 0 radical (unpaired) electrons. The lowest BCUT2D eigenvalue weighted by Crippen LogP contribution is -2.49. The van der Waals surface area contributed by atoms with Gasteiger partial charge in [0.1, 0.15) is 0 Å². The smallest absolute Gasteiger partial charge is 0.211 e. The average Bonchev–Trinajstić information content (AvgIpc) is 2.45. The molecule has 0 spiro atoms. The van der Waals surface area contributed by atoms with Crippen LogP contribution in [0.15, 0.2) is 30.3 Å². The lowest BCUT2D eigenvalue weighted by molar-refractivity contribution is 0.138. The number of rotatable bonds is 4. The first kappa shape index (κ1) is 15.0. The monoisotopic (exact) mass is 293 g/mol. The predicted molar refractivity (Wildman–Crippen MR) is 77.4 cm³/mol. The number of sulfonamides is 1. The maximum atomic E-state index is 11.5. The van der Waals surface area contributed by atoms with Crippen LogP contribution in [-0.2, 0) is 10.0 Å². The van der Waals surface area contributed by atoms with E-state index in [9.17, 15) is 8.42 Å². The lowest BCUT2D eigenvalue weighted by Gasteiger charge is -2.37. The third-order valence-corrected chi connectivity index (χ3v) is 4.96. The molecule has 1 aromatic carbocycles.